The van der Waals surface area contributed by atoms with Crippen molar-refractivity contribution in [3.8, 4) is 0 Å². The molecule has 4 heteroatoms. The van der Waals surface area contributed by atoms with Crippen LogP contribution in [0.2, 0.25) is 19.6 Å². The van der Waals surface area contributed by atoms with Gasteiger partial charge in [-0.3, -0.25) is 0 Å². The highest BCUT2D eigenvalue weighted by Crippen LogP contribution is 2.59. The van der Waals surface area contributed by atoms with E-state index in [9.17, 15) is 0 Å². The van der Waals surface area contributed by atoms with Crippen LogP contribution in [0.3, 0.4) is 0 Å². The molecule has 0 saturated heterocycles. The van der Waals surface area contributed by atoms with Crippen LogP contribution < -0.4 is 5.30 Å². The molecule has 0 aliphatic rings. The highest BCUT2D eigenvalue weighted by atomic mass is 32.4. The molecule has 0 amide bonds. The number of hydrogen-bond acceptors (Lipinski definition) is 2. The van der Waals surface area contributed by atoms with Crippen molar-refractivity contribution in [3.63, 3.8) is 0 Å². The van der Waals surface area contributed by atoms with Crippen molar-refractivity contribution >= 4 is 31.7 Å². The molecule has 1 atom stereocenters. The molecule has 1 aromatic rings. The summed E-state index contributed by atoms with van der Waals surface area (Å²) < 4.78 is 6.44. The lowest BCUT2D eigenvalue weighted by Crippen LogP contribution is -2.33. The van der Waals surface area contributed by atoms with Crippen LogP contribution in [-0.4, -0.2) is 13.5 Å². The summed E-state index contributed by atoms with van der Waals surface area (Å²) in [6.45, 7) is 13.2. The van der Waals surface area contributed by atoms with Gasteiger partial charge < -0.3 is 4.21 Å². The number of rotatable bonds is 3. The minimum absolute atomic E-state index is 0.00394. The second-order valence-electron chi connectivity index (χ2n) is 6.26. The molecular formula is C13H23OPSSi. The largest absolute Gasteiger partial charge is 0.386 e. The zero-order valence-corrected chi connectivity index (χ0v) is 14.4. The maximum Gasteiger partial charge on any atom is 0.190 e. The maximum atomic E-state index is 6.44. The predicted molar refractivity (Wildman–Crippen MR) is 84.5 cm³/mol. The number of hydrogen-bond donors (Lipinski definition) is 0. The van der Waals surface area contributed by atoms with Crippen molar-refractivity contribution in [3.05, 3.63) is 30.3 Å². The Morgan fingerprint density at radius 1 is 1.06 bits per heavy atom. The summed E-state index contributed by atoms with van der Waals surface area (Å²) in [5, 5.41) is 1.20. The van der Waals surface area contributed by atoms with Crippen molar-refractivity contribution in [2.45, 2.75) is 45.6 Å². The third-order valence-electron chi connectivity index (χ3n) is 2.38. The van der Waals surface area contributed by atoms with Gasteiger partial charge >= 0.3 is 0 Å². The second-order valence-corrected chi connectivity index (χ2v) is 15.7. The van der Waals surface area contributed by atoms with Crippen molar-refractivity contribution in [1.82, 2.24) is 0 Å². The Bertz CT molecular complexity index is 417. The quantitative estimate of drug-likeness (QED) is 0.603. The summed E-state index contributed by atoms with van der Waals surface area (Å²) in [5.74, 6) is 0. The molecule has 0 bridgehead atoms. The van der Waals surface area contributed by atoms with Crippen LogP contribution in [0.5, 0.6) is 0 Å². The second kappa shape index (κ2) is 4.97. The standard InChI is InChI=1S/C13H23OPSSi/c1-13(2,3)15(16,14-17(4,5)6)12-10-8-7-9-11-12/h7-11H,1-6H3. The van der Waals surface area contributed by atoms with Gasteiger partial charge in [0.15, 0.2) is 8.32 Å². The Morgan fingerprint density at radius 2 is 1.53 bits per heavy atom. The summed E-state index contributed by atoms with van der Waals surface area (Å²) in [7, 11) is -1.64. The molecule has 1 nitrogen and oxygen atoms in total. The van der Waals surface area contributed by atoms with Gasteiger partial charge in [0.2, 0.25) is 0 Å². The van der Waals surface area contributed by atoms with Gasteiger partial charge in [0.05, 0.1) is 6.26 Å². The van der Waals surface area contributed by atoms with E-state index in [4.69, 9.17) is 16.0 Å². The van der Waals surface area contributed by atoms with Gasteiger partial charge in [-0.15, -0.1) is 0 Å². The highest BCUT2D eigenvalue weighted by Gasteiger charge is 2.38. The minimum Gasteiger partial charge on any atom is -0.386 e. The molecule has 0 heterocycles. The first-order chi connectivity index (χ1) is 7.56. The van der Waals surface area contributed by atoms with E-state index in [1.54, 1.807) is 0 Å². The predicted octanol–water partition coefficient (Wildman–Crippen LogP) is 4.36. The molecule has 0 aliphatic heterocycles. The van der Waals surface area contributed by atoms with Gasteiger partial charge in [-0.2, -0.15) is 0 Å². The van der Waals surface area contributed by atoms with E-state index in [-0.39, 0.29) is 5.16 Å². The van der Waals surface area contributed by atoms with E-state index in [0.29, 0.717) is 0 Å². The zero-order chi connectivity index (χ0) is 13.3. The molecule has 0 radical (unpaired) electrons. The van der Waals surface area contributed by atoms with Gasteiger partial charge in [-0.25, -0.2) is 0 Å². The third-order valence-corrected chi connectivity index (χ3v) is 11.3. The Hall–Kier alpha value is 0.0469. The van der Waals surface area contributed by atoms with E-state index >= 15 is 0 Å². The van der Waals surface area contributed by atoms with E-state index in [2.05, 4.69) is 64.7 Å². The van der Waals surface area contributed by atoms with Crippen LogP contribution in [-0.2, 0) is 16.0 Å². The Morgan fingerprint density at radius 3 is 1.88 bits per heavy atom. The molecule has 1 aromatic carbocycles. The Kier molecular flexibility index (Phi) is 4.41. The lowest BCUT2D eigenvalue weighted by molar-refractivity contribution is 0.582. The van der Waals surface area contributed by atoms with Crippen LogP contribution in [0.4, 0.5) is 0 Å². The fourth-order valence-electron chi connectivity index (χ4n) is 1.59. The average molecular weight is 286 g/mol. The van der Waals surface area contributed by atoms with Crippen LogP contribution in [0.25, 0.3) is 0 Å². The molecular weight excluding hydrogens is 263 g/mol. The van der Waals surface area contributed by atoms with Crippen LogP contribution in [0, 0.1) is 0 Å². The van der Waals surface area contributed by atoms with E-state index < -0.39 is 14.6 Å². The van der Waals surface area contributed by atoms with Crippen molar-refractivity contribution in [1.29, 1.82) is 0 Å². The molecule has 1 rings (SSSR count). The molecule has 0 spiro atoms. The van der Waals surface area contributed by atoms with Crippen molar-refractivity contribution in [2.24, 2.45) is 0 Å². The van der Waals surface area contributed by atoms with Crippen LogP contribution in [0.1, 0.15) is 20.8 Å². The van der Waals surface area contributed by atoms with Gasteiger partial charge in [-0.05, 0) is 19.6 Å². The Balaban J connectivity index is 3.27. The SMILES string of the molecule is CC(C)(C)P(=S)(O[Si](C)(C)C)c1ccccc1. The molecule has 0 saturated carbocycles. The minimum atomic E-state index is -1.98. The van der Waals surface area contributed by atoms with Crippen molar-refractivity contribution < 1.29 is 4.21 Å². The smallest absolute Gasteiger partial charge is 0.190 e. The normalized spacial score (nSPS) is 16.6. The first kappa shape index (κ1) is 15.1. The number of benzene rings is 1. The third kappa shape index (κ3) is 3.75. The van der Waals surface area contributed by atoms with E-state index in [1.807, 2.05) is 6.07 Å². The van der Waals surface area contributed by atoms with E-state index in [0.717, 1.165) is 0 Å². The first-order valence-corrected chi connectivity index (χ1v) is 12.1. The molecule has 0 aromatic heterocycles. The summed E-state index contributed by atoms with van der Waals surface area (Å²) in [5.41, 5.74) is 0. The summed E-state index contributed by atoms with van der Waals surface area (Å²) in [6.07, 6.45) is -1.98. The van der Waals surface area contributed by atoms with E-state index in [1.165, 1.54) is 5.30 Å². The van der Waals surface area contributed by atoms with Gasteiger partial charge in [0.25, 0.3) is 0 Å². The fraction of sp³-hybridized carbons (Fsp3) is 0.538. The van der Waals surface area contributed by atoms with Crippen LogP contribution >= 0.6 is 6.26 Å². The lowest BCUT2D eigenvalue weighted by atomic mass is 10.3. The molecule has 17 heavy (non-hydrogen) atoms. The molecule has 96 valence electrons. The lowest BCUT2D eigenvalue weighted by Gasteiger charge is -2.39. The summed E-state index contributed by atoms with van der Waals surface area (Å²) in [6, 6.07) is 10.4. The van der Waals surface area contributed by atoms with Crippen molar-refractivity contribution in [2.75, 3.05) is 0 Å². The fourth-order valence-corrected chi connectivity index (χ4v) is 9.91. The van der Waals surface area contributed by atoms with Crippen LogP contribution in [0.15, 0.2) is 30.3 Å². The molecule has 1 unspecified atom stereocenters. The van der Waals surface area contributed by atoms with Gasteiger partial charge in [0.1, 0.15) is 0 Å². The summed E-state index contributed by atoms with van der Waals surface area (Å²) >= 11 is 5.98. The summed E-state index contributed by atoms with van der Waals surface area (Å²) in [4.78, 5) is 0. The average Bonchev–Trinajstić information content (AvgIpc) is 2.14. The Labute approximate surface area is 112 Å². The first-order valence-electron chi connectivity index (χ1n) is 5.93. The molecule has 0 N–H and O–H groups in total. The molecule has 0 fully saturated rings. The van der Waals surface area contributed by atoms with Gasteiger partial charge in [0, 0.05) is 10.5 Å². The zero-order valence-electron chi connectivity index (χ0n) is 11.7. The van der Waals surface area contributed by atoms with Gasteiger partial charge in [-0.1, -0.05) is 62.9 Å². The molecule has 0 aliphatic carbocycles. The highest BCUT2D eigenvalue weighted by molar-refractivity contribution is 8.17. The monoisotopic (exact) mass is 286 g/mol. The maximum absolute atomic E-state index is 6.44. The topological polar surface area (TPSA) is 9.23 Å².